The van der Waals surface area contributed by atoms with E-state index in [2.05, 4.69) is 24.8 Å². The summed E-state index contributed by atoms with van der Waals surface area (Å²) in [5, 5.41) is 31.5. The second kappa shape index (κ2) is 8.52. The van der Waals surface area contributed by atoms with Crippen LogP contribution in [-0.4, -0.2) is 51.5 Å². The first-order valence-electron chi connectivity index (χ1n) is 6.20. The molecule has 0 aliphatic rings. The monoisotopic (exact) mass is 381 g/mol. The summed E-state index contributed by atoms with van der Waals surface area (Å²) in [5.74, 6) is -0.907. The molecule has 1 amide bonds. The van der Waals surface area contributed by atoms with Gasteiger partial charge in [0, 0.05) is 5.38 Å². The Morgan fingerprint density at radius 1 is 1.12 bits per heavy atom. The topological polar surface area (TPSA) is 199 Å². The maximum Gasteiger partial charge on any atom is 0.294 e. The molecule has 0 unspecified atom stereocenters. The highest BCUT2D eigenvalue weighted by atomic mass is 32.1. The molecule has 0 radical (unpaired) electrons. The lowest BCUT2D eigenvalue weighted by atomic mass is 10.0. The van der Waals surface area contributed by atoms with Crippen LogP contribution in [0.4, 0.5) is 0 Å². The molecule has 0 aromatic carbocycles. The van der Waals surface area contributed by atoms with Crippen molar-refractivity contribution in [3.05, 3.63) is 46.4 Å². The molecule has 16 heteroatoms. The predicted molar refractivity (Wildman–Crippen MR) is 75.9 cm³/mol. The molecular formula is C9H11N5O10S. The molecule has 0 bridgehead atoms. The molecular weight excluding hydrogens is 370 g/mol. The van der Waals surface area contributed by atoms with Crippen molar-refractivity contribution in [3.63, 3.8) is 0 Å². The minimum Gasteiger partial charge on any atom is -0.339 e. The Labute approximate surface area is 141 Å². The molecule has 0 saturated carbocycles. The van der Waals surface area contributed by atoms with Gasteiger partial charge >= 0.3 is 0 Å². The van der Waals surface area contributed by atoms with Crippen molar-refractivity contribution < 1.29 is 34.6 Å². The van der Waals surface area contributed by atoms with Crippen molar-refractivity contribution in [2.75, 3.05) is 19.8 Å². The fraction of sp³-hybridized carbons (Fsp3) is 0.556. The zero-order valence-electron chi connectivity index (χ0n) is 12.5. The zero-order chi connectivity index (χ0) is 19.0. The van der Waals surface area contributed by atoms with Crippen LogP contribution in [-0.2, 0) is 14.5 Å². The zero-order valence-corrected chi connectivity index (χ0v) is 13.3. The van der Waals surface area contributed by atoms with Crippen molar-refractivity contribution in [3.8, 4) is 0 Å². The van der Waals surface area contributed by atoms with E-state index < -0.39 is 46.5 Å². The van der Waals surface area contributed by atoms with Crippen LogP contribution in [0, 0.1) is 37.3 Å². The van der Waals surface area contributed by atoms with Crippen LogP contribution in [0.2, 0.25) is 0 Å². The molecule has 1 N–H and O–H groups in total. The fourth-order valence-electron chi connectivity index (χ4n) is 1.53. The van der Waals surface area contributed by atoms with Gasteiger partial charge in [-0.1, -0.05) is 0 Å². The summed E-state index contributed by atoms with van der Waals surface area (Å²) in [5.41, 5.74) is -2.20. The Morgan fingerprint density at radius 3 is 1.88 bits per heavy atom. The Bertz CT molecular complexity index is 617. The van der Waals surface area contributed by atoms with E-state index in [9.17, 15) is 35.1 Å². The number of hydrogen-bond donors (Lipinski definition) is 1. The van der Waals surface area contributed by atoms with Gasteiger partial charge in [-0.3, -0.25) is 4.79 Å². The first kappa shape index (κ1) is 19.7. The Hall–Kier alpha value is -3.30. The largest absolute Gasteiger partial charge is 0.339 e. The van der Waals surface area contributed by atoms with Crippen molar-refractivity contribution in [1.82, 2.24) is 10.3 Å². The van der Waals surface area contributed by atoms with Crippen molar-refractivity contribution >= 4 is 17.2 Å². The standard InChI is InChI=1S/C9H11N5O10S/c1-6-10-7(2-25-6)8(15)11-9(3-22-12(16)17,4-23-13(18)19)5-24-14(20)21/h2H,3-5H2,1H3,(H,11,15). The highest BCUT2D eigenvalue weighted by molar-refractivity contribution is 7.09. The average molecular weight is 381 g/mol. The van der Waals surface area contributed by atoms with E-state index in [4.69, 9.17) is 0 Å². The maximum absolute atomic E-state index is 12.2. The SMILES string of the molecule is Cc1nc(C(=O)NC(CO[N+](=O)[O-])(CO[N+](=O)[O-])CO[N+](=O)[O-])cs1. The molecule has 0 saturated heterocycles. The third kappa shape index (κ3) is 6.77. The van der Waals surface area contributed by atoms with Crippen molar-refractivity contribution in [1.29, 1.82) is 0 Å². The summed E-state index contributed by atoms with van der Waals surface area (Å²) in [7, 11) is 0. The van der Waals surface area contributed by atoms with Gasteiger partial charge in [0.25, 0.3) is 21.2 Å². The van der Waals surface area contributed by atoms with Crippen LogP contribution >= 0.6 is 11.3 Å². The number of nitrogens with one attached hydrogen (secondary N) is 1. The van der Waals surface area contributed by atoms with Crippen LogP contribution in [0.1, 0.15) is 15.5 Å². The smallest absolute Gasteiger partial charge is 0.294 e. The summed E-state index contributed by atoms with van der Waals surface area (Å²) < 4.78 is 0. The molecule has 1 rings (SSSR count). The van der Waals surface area contributed by atoms with E-state index in [1.54, 1.807) is 6.92 Å². The molecule has 0 aliphatic heterocycles. The second-order valence-corrected chi connectivity index (χ2v) is 5.54. The first-order chi connectivity index (χ1) is 11.6. The van der Waals surface area contributed by atoms with Gasteiger partial charge in [-0.15, -0.1) is 41.7 Å². The quantitative estimate of drug-likeness (QED) is 0.384. The Morgan fingerprint density at radius 2 is 1.56 bits per heavy atom. The van der Waals surface area contributed by atoms with Gasteiger partial charge in [0.15, 0.2) is 0 Å². The van der Waals surface area contributed by atoms with Crippen LogP contribution in [0.3, 0.4) is 0 Å². The van der Waals surface area contributed by atoms with Crippen LogP contribution in [0.15, 0.2) is 5.38 Å². The number of aromatic nitrogens is 1. The maximum atomic E-state index is 12.2. The van der Waals surface area contributed by atoms with Gasteiger partial charge in [0.05, 0.1) is 5.01 Å². The van der Waals surface area contributed by atoms with Gasteiger partial charge in [0.1, 0.15) is 31.1 Å². The molecule has 0 atom stereocenters. The molecule has 0 fully saturated rings. The number of thiazole rings is 1. The van der Waals surface area contributed by atoms with Crippen LogP contribution < -0.4 is 5.32 Å². The Balaban J connectivity index is 3.04. The molecule has 25 heavy (non-hydrogen) atoms. The fourth-order valence-corrected chi connectivity index (χ4v) is 2.13. The second-order valence-electron chi connectivity index (χ2n) is 4.48. The van der Waals surface area contributed by atoms with Crippen LogP contribution in [0.5, 0.6) is 0 Å². The molecule has 15 nitrogen and oxygen atoms in total. The van der Waals surface area contributed by atoms with Gasteiger partial charge in [-0.2, -0.15) is 0 Å². The van der Waals surface area contributed by atoms with Crippen molar-refractivity contribution in [2.45, 2.75) is 12.5 Å². The lowest BCUT2D eigenvalue weighted by molar-refractivity contribution is -0.778. The lowest BCUT2D eigenvalue weighted by Gasteiger charge is -2.31. The highest BCUT2D eigenvalue weighted by Gasteiger charge is 2.37. The van der Waals surface area contributed by atoms with Gasteiger partial charge < -0.3 is 19.8 Å². The summed E-state index contributed by atoms with van der Waals surface area (Å²) in [6.07, 6.45) is 0. The predicted octanol–water partition coefficient (Wildman–Crippen LogP) is -0.455. The van der Waals surface area contributed by atoms with E-state index in [0.717, 1.165) is 11.3 Å². The van der Waals surface area contributed by atoms with Gasteiger partial charge in [-0.05, 0) is 6.92 Å². The summed E-state index contributed by atoms with van der Waals surface area (Å²) in [4.78, 5) is 59.5. The lowest BCUT2D eigenvalue weighted by Crippen LogP contribution is -2.59. The number of aryl methyl sites for hydroxylation is 1. The highest BCUT2D eigenvalue weighted by Crippen LogP contribution is 2.13. The molecule has 0 aliphatic carbocycles. The number of amides is 1. The normalized spacial score (nSPS) is 10.6. The van der Waals surface area contributed by atoms with Gasteiger partial charge in [0.2, 0.25) is 0 Å². The van der Waals surface area contributed by atoms with E-state index in [-0.39, 0.29) is 5.69 Å². The van der Waals surface area contributed by atoms with E-state index in [1.807, 2.05) is 0 Å². The number of rotatable bonds is 11. The number of carbonyl (C=O) groups excluding carboxylic acids is 1. The van der Waals surface area contributed by atoms with Crippen molar-refractivity contribution in [2.24, 2.45) is 0 Å². The van der Waals surface area contributed by atoms with E-state index in [0.29, 0.717) is 5.01 Å². The molecule has 1 aromatic rings. The summed E-state index contributed by atoms with van der Waals surface area (Å²) in [6, 6.07) is 0. The summed E-state index contributed by atoms with van der Waals surface area (Å²) in [6.45, 7) is -1.40. The van der Waals surface area contributed by atoms with Gasteiger partial charge in [-0.25, -0.2) is 4.98 Å². The minimum atomic E-state index is -2.10. The molecule has 1 heterocycles. The average Bonchev–Trinajstić information content (AvgIpc) is 2.95. The van der Waals surface area contributed by atoms with E-state index >= 15 is 0 Å². The first-order valence-corrected chi connectivity index (χ1v) is 7.08. The third-order valence-corrected chi connectivity index (χ3v) is 3.34. The number of carbonyl (C=O) groups is 1. The molecule has 138 valence electrons. The van der Waals surface area contributed by atoms with E-state index in [1.165, 1.54) is 5.38 Å². The number of nitrogens with zero attached hydrogens (tertiary/aromatic N) is 4. The molecule has 1 aromatic heterocycles. The Kier molecular flexibility index (Phi) is 6.73. The number of hydrogen-bond acceptors (Lipinski definition) is 12. The summed E-state index contributed by atoms with van der Waals surface area (Å²) >= 11 is 1.12. The third-order valence-electron chi connectivity index (χ3n) is 2.57. The molecule has 0 spiro atoms. The van der Waals surface area contributed by atoms with Crippen LogP contribution in [0.25, 0.3) is 0 Å². The minimum absolute atomic E-state index is 0.102.